The molecule has 0 atom stereocenters. The van der Waals surface area contributed by atoms with Crippen molar-refractivity contribution in [3.63, 3.8) is 0 Å². The molecule has 0 fully saturated rings. The van der Waals surface area contributed by atoms with E-state index in [-0.39, 0.29) is 11.8 Å². The fourth-order valence-corrected chi connectivity index (χ4v) is 2.79. The van der Waals surface area contributed by atoms with E-state index in [0.29, 0.717) is 22.9 Å². The zero-order valence-corrected chi connectivity index (χ0v) is 11.7. The van der Waals surface area contributed by atoms with E-state index in [2.05, 4.69) is 20.4 Å². The Balaban J connectivity index is 2.37. The van der Waals surface area contributed by atoms with Gasteiger partial charge in [0, 0.05) is 0 Å². The second-order valence-corrected chi connectivity index (χ2v) is 4.84. The van der Waals surface area contributed by atoms with Gasteiger partial charge in [-0.15, -0.1) is 43.6 Å². The van der Waals surface area contributed by atoms with E-state index in [1.54, 1.807) is 0 Å². The van der Waals surface area contributed by atoms with Crippen LogP contribution < -0.4 is 0 Å². The first-order valence-electron chi connectivity index (χ1n) is 5.96. The molecule has 0 unspecified atom stereocenters. The maximum absolute atomic E-state index is 5.94. The number of fused-ring (bicyclic) bond motifs is 6. The Morgan fingerprint density at radius 1 is 0.750 bits per heavy atom. The smallest absolute Gasteiger partial charge is 0.207 e. The minimum Gasteiger partial charge on any atom is -0.273 e. The molecule has 0 amide bonds. The molecule has 8 heteroatoms. The lowest BCUT2D eigenvalue weighted by Crippen LogP contribution is -2.01. The van der Waals surface area contributed by atoms with E-state index in [1.165, 1.54) is 0 Å². The topological polar surface area (TPSA) is 60.4 Å². The van der Waals surface area contributed by atoms with Gasteiger partial charge in [0.2, 0.25) is 11.3 Å². The number of hydrogen-bond donors (Lipinski definition) is 0. The molecule has 3 aromatic heterocycles. The van der Waals surface area contributed by atoms with Crippen LogP contribution in [-0.4, -0.2) is 29.2 Å². The minimum absolute atomic E-state index is 0.276. The van der Waals surface area contributed by atoms with Crippen molar-refractivity contribution >= 4 is 45.5 Å². The highest BCUT2D eigenvalue weighted by Gasteiger charge is 2.17. The SMILES string of the molecule is ClCc1nnc2c3nnc(CCl)n3c3ccccc3n12. The molecule has 6 nitrogen and oxygen atoms in total. The molecule has 4 aromatic rings. The summed E-state index contributed by atoms with van der Waals surface area (Å²) in [4.78, 5) is 0. The number of alkyl halides is 2. The van der Waals surface area contributed by atoms with Crippen molar-refractivity contribution in [1.82, 2.24) is 29.2 Å². The molecule has 0 aliphatic rings. The Morgan fingerprint density at radius 2 is 1.20 bits per heavy atom. The van der Waals surface area contributed by atoms with Crippen LogP contribution in [0.2, 0.25) is 0 Å². The third kappa shape index (κ3) is 1.40. The van der Waals surface area contributed by atoms with Crippen LogP contribution >= 0.6 is 23.2 Å². The molecule has 4 rings (SSSR count). The van der Waals surface area contributed by atoms with E-state index < -0.39 is 0 Å². The number of halogens is 2. The molecule has 20 heavy (non-hydrogen) atoms. The average Bonchev–Trinajstić information content (AvgIpc) is 3.11. The van der Waals surface area contributed by atoms with Crippen molar-refractivity contribution in [1.29, 1.82) is 0 Å². The van der Waals surface area contributed by atoms with Gasteiger partial charge >= 0.3 is 0 Å². The molecule has 0 radical (unpaired) electrons. The summed E-state index contributed by atoms with van der Waals surface area (Å²) in [6, 6.07) is 7.88. The van der Waals surface area contributed by atoms with Crippen molar-refractivity contribution in [3.8, 4) is 0 Å². The van der Waals surface area contributed by atoms with Crippen LogP contribution in [0.5, 0.6) is 0 Å². The molecule has 0 bridgehead atoms. The van der Waals surface area contributed by atoms with Gasteiger partial charge in [-0.25, -0.2) is 0 Å². The second-order valence-electron chi connectivity index (χ2n) is 4.31. The van der Waals surface area contributed by atoms with Gasteiger partial charge in [0.1, 0.15) is 0 Å². The monoisotopic (exact) mass is 306 g/mol. The quantitative estimate of drug-likeness (QED) is 0.534. The molecule has 0 spiro atoms. The lowest BCUT2D eigenvalue weighted by Gasteiger charge is -2.07. The Labute approximate surface area is 123 Å². The summed E-state index contributed by atoms with van der Waals surface area (Å²) in [7, 11) is 0. The lowest BCUT2D eigenvalue weighted by atomic mass is 10.3. The highest BCUT2D eigenvalue weighted by molar-refractivity contribution is 6.17. The molecule has 1 aromatic carbocycles. The van der Waals surface area contributed by atoms with E-state index in [4.69, 9.17) is 23.2 Å². The van der Waals surface area contributed by atoms with Crippen molar-refractivity contribution in [2.75, 3.05) is 0 Å². The van der Waals surface area contributed by atoms with Gasteiger partial charge in [0.15, 0.2) is 11.6 Å². The maximum atomic E-state index is 5.94. The van der Waals surface area contributed by atoms with E-state index in [0.717, 1.165) is 11.0 Å². The number of aromatic nitrogens is 6. The van der Waals surface area contributed by atoms with E-state index in [1.807, 2.05) is 33.1 Å². The number of para-hydroxylation sites is 2. The standard InChI is InChI=1S/C12H8Cl2N6/c13-5-9-15-17-11-12-18-16-10(6-14)20(12)8-4-2-1-3-7(8)19(9)11/h1-4H,5-6H2. The molecular weight excluding hydrogens is 299 g/mol. The van der Waals surface area contributed by atoms with Crippen LogP contribution in [0, 0.1) is 0 Å². The van der Waals surface area contributed by atoms with E-state index >= 15 is 0 Å². The average molecular weight is 307 g/mol. The van der Waals surface area contributed by atoms with Crippen LogP contribution in [0.15, 0.2) is 24.3 Å². The van der Waals surface area contributed by atoms with Crippen LogP contribution in [0.4, 0.5) is 0 Å². The van der Waals surface area contributed by atoms with Crippen LogP contribution in [0.3, 0.4) is 0 Å². The predicted molar refractivity (Wildman–Crippen MR) is 76.2 cm³/mol. The van der Waals surface area contributed by atoms with Crippen molar-refractivity contribution in [2.45, 2.75) is 11.8 Å². The summed E-state index contributed by atoms with van der Waals surface area (Å²) in [5.41, 5.74) is 3.15. The fraction of sp³-hybridized carbons (Fsp3) is 0.167. The summed E-state index contributed by atoms with van der Waals surface area (Å²) in [6.07, 6.45) is 0. The molecule has 0 N–H and O–H groups in total. The molecule has 100 valence electrons. The molecule has 0 aliphatic heterocycles. The molecule has 0 aliphatic carbocycles. The summed E-state index contributed by atoms with van der Waals surface area (Å²) in [5.74, 6) is 1.90. The molecular formula is C12H8Cl2N6. The zero-order chi connectivity index (χ0) is 13.7. The minimum atomic E-state index is 0.276. The third-order valence-corrected chi connectivity index (χ3v) is 3.74. The Kier molecular flexibility index (Phi) is 2.55. The normalized spacial score (nSPS) is 11.9. The van der Waals surface area contributed by atoms with Gasteiger partial charge in [-0.3, -0.25) is 8.80 Å². The lowest BCUT2D eigenvalue weighted by molar-refractivity contribution is 0.991. The largest absolute Gasteiger partial charge is 0.273 e. The van der Waals surface area contributed by atoms with Gasteiger partial charge in [-0.2, -0.15) is 0 Å². The van der Waals surface area contributed by atoms with Crippen LogP contribution in [-0.2, 0) is 11.8 Å². The number of hydrogen-bond acceptors (Lipinski definition) is 4. The zero-order valence-electron chi connectivity index (χ0n) is 10.2. The van der Waals surface area contributed by atoms with Gasteiger partial charge in [-0.05, 0) is 12.1 Å². The molecule has 0 saturated carbocycles. The summed E-state index contributed by atoms with van der Waals surface area (Å²) < 4.78 is 3.81. The first-order valence-corrected chi connectivity index (χ1v) is 7.02. The first kappa shape index (κ1) is 11.9. The van der Waals surface area contributed by atoms with E-state index in [9.17, 15) is 0 Å². The highest BCUT2D eigenvalue weighted by Crippen LogP contribution is 2.23. The second kappa shape index (κ2) is 4.29. The van der Waals surface area contributed by atoms with Crippen molar-refractivity contribution in [2.24, 2.45) is 0 Å². The molecule has 3 heterocycles. The number of benzene rings is 1. The third-order valence-electron chi connectivity index (χ3n) is 3.26. The Morgan fingerprint density at radius 3 is 1.60 bits per heavy atom. The summed E-state index contributed by atoms with van der Waals surface area (Å²) in [5, 5.41) is 16.6. The maximum Gasteiger partial charge on any atom is 0.207 e. The first-order chi connectivity index (χ1) is 9.85. The van der Waals surface area contributed by atoms with Crippen molar-refractivity contribution < 1.29 is 0 Å². The highest BCUT2D eigenvalue weighted by atomic mass is 35.5. The van der Waals surface area contributed by atoms with Gasteiger partial charge in [-0.1, -0.05) is 12.1 Å². The summed E-state index contributed by atoms with van der Waals surface area (Å²) >= 11 is 11.9. The molecule has 0 saturated heterocycles. The fourth-order valence-electron chi connectivity index (χ4n) is 2.44. The van der Waals surface area contributed by atoms with Crippen LogP contribution in [0.1, 0.15) is 11.6 Å². The van der Waals surface area contributed by atoms with Crippen molar-refractivity contribution in [3.05, 3.63) is 35.9 Å². The van der Waals surface area contributed by atoms with Gasteiger partial charge in [0.05, 0.1) is 22.8 Å². The Hall–Kier alpha value is -1.92. The van der Waals surface area contributed by atoms with Gasteiger partial charge < -0.3 is 0 Å². The number of nitrogens with zero attached hydrogens (tertiary/aromatic N) is 6. The number of rotatable bonds is 2. The predicted octanol–water partition coefficient (Wildman–Crippen LogP) is 2.40. The summed E-state index contributed by atoms with van der Waals surface area (Å²) in [6.45, 7) is 0. The van der Waals surface area contributed by atoms with Crippen LogP contribution in [0.25, 0.3) is 22.3 Å². The van der Waals surface area contributed by atoms with Gasteiger partial charge in [0.25, 0.3) is 0 Å². The Bertz CT molecular complexity index is 864.